The molecule has 0 unspecified atom stereocenters. The second kappa shape index (κ2) is 10.7. The summed E-state index contributed by atoms with van der Waals surface area (Å²) in [4.78, 5) is 34.6. The van der Waals surface area contributed by atoms with E-state index in [9.17, 15) is 9.59 Å². The highest BCUT2D eigenvalue weighted by molar-refractivity contribution is 6.05. The van der Waals surface area contributed by atoms with Gasteiger partial charge >= 0.3 is 0 Å². The average Bonchev–Trinajstić information content (AvgIpc) is 2.83. The molecule has 0 atom stereocenters. The Morgan fingerprint density at radius 1 is 1.08 bits per heavy atom. The number of fused-ring (bicyclic) bond motifs is 1. The first-order valence-corrected chi connectivity index (χ1v) is 11.2. The van der Waals surface area contributed by atoms with E-state index in [1.54, 1.807) is 25.4 Å². The standard InChI is InChI=1S/C27H26N6O3/c1-18-14-19(8-10-24(18)36-21-11-13-33(4)26(35)16-21)31-27-22-15-20(7-9-23(22)28-17-29-27)30-25(34)6-5-12-32(2)3/h7-11,13-17H,12H2,1-4H3,(H,30,34)(H,28,29,31). The molecule has 4 rings (SSSR count). The molecule has 2 N–H and O–H groups in total. The number of aromatic nitrogens is 3. The first kappa shape index (κ1) is 24.4. The minimum Gasteiger partial charge on any atom is -0.457 e. The number of hydrogen-bond donors (Lipinski definition) is 2. The molecule has 1 amide bonds. The number of aryl methyl sites for hydroxylation is 2. The van der Waals surface area contributed by atoms with Crippen molar-refractivity contribution in [3.63, 3.8) is 0 Å². The Hall–Kier alpha value is -4.68. The van der Waals surface area contributed by atoms with E-state index in [1.807, 2.05) is 56.3 Å². The van der Waals surface area contributed by atoms with E-state index >= 15 is 0 Å². The molecule has 36 heavy (non-hydrogen) atoms. The first-order valence-electron chi connectivity index (χ1n) is 11.2. The van der Waals surface area contributed by atoms with Gasteiger partial charge < -0.3 is 19.9 Å². The van der Waals surface area contributed by atoms with Crippen LogP contribution in [0.4, 0.5) is 17.2 Å². The summed E-state index contributed by atoms with van der Waals surface area (Å²) in [7, 11) is 5.46. The highest BCUT2D eigenvalue weighted by atomic mass is 16.5. The van der Waals surface area contributed by atoms with Gasteiger partial charge in [0.25, 0.3) is 11.5 Å². The SMILES string of the molecule is Cc1cc(Nc2ncnc3ccc(NC(=O)C#CCN(C)C)cc23)ccc1Oc1ccn(C)c(=O)c1. The summed E-state index contributed by atoms with van der Waals surface area (Å²) in [5.74, 6) is 6.72. The summed E-state index contributed by atoms with van der Waals surface area (Å²) in [6, 6.07) is 14.2. The molecule has 2 aromatic carbocycles. The maximum absolute atomic E-state index is 12.2. The van der Waals surface area contributed by atoms with Crippen molar-refractivity contribution in [2.24, 2.45) is 7.05 Å². The normalized spacial score (nSPS) is 10.6. The second-order valence-electron chi connectivity index (χ2n) is 8.47. The summed E-state index contributed by atoms with van der Waals surface area (Å²) in [5.41, 5.74) is 2.86. The van der Waals surface area contributed by atoms with E-state index < -0.39 is 0 Å². The minimum atomic E-state index is -0.384. The van der Waals surface area contributed by atoms with Crippen LogP contribution in [0.5, 0.6) is 11.5 Å². The highest BCUT2D eigenvalue weighted by Gasteiger charge is 2.09. The number of amides is 1. The van der Waals surface area contributed by atoms with E-state index in [1.165, 1.54) is 17.0 Å². The van der Waals surface area contributed by atoms with Gasteiger partial charge in [-0.2, -0.15) is 0 Å². The molecule has 0 saturated carbocycles. The van der Waals surface area contributed by atoms with Crippen molar-refractivity contribution in [2.45, 2.75) is 6.92 Å². The molecule has 2 aromatic heterocycles. The third kappa shape index (κ3) is 6.05. The fourth-order valence-electron chi connectivity index (χ4n) is 3.37. The second-order valence-corrected chi connectivity index (χ2v) is 8.47. The Kier molecular flexibility index (Phi) is 7.28. The monoisotopic (exact) mass is 482 g/mol. The predicted octanol–water partition coefficient (Wildman–Crippen LogP) is 3.68. The number of rotatable bonds is 6. The Balaban J connectivity index is 1.53. The minimum absolute atomic E-state index is 0.143. The zero-order valence-corrected chi connectivity index (χ0v) is 20.5. The fourth-order valence-corrected chi connectivity index (χ4v) is 3.37. The first-order chi connectivity index (χ1) is 17.3. The van der Waals surface area contributed by atoms with Crippen LogP contribution in [0.15, 0.2) is 65.8 Å². The summed E-state index contributed by atoms with van der Waals surface area (Å²) in [6.45, 7) is 2.42. The van der Waals surface area contributed by atoms with E-state index in [-0.39, 0.29) is 11.5 Å². The van der Waals surface area contributed by atoms with Crippen molar-refractivity contribution in [1.29, 1.82) is 0 Å². The van der Waals surface area contributed by atoms with Crippen LogP contribution in [-0.2, 0) is 11.8 Å². The van der Waals surface area contributed by atoms with Gasteiger partial charge in [-0.05, 0) is 75.0 Å². The summed E-state index contributed by atoms with van der Waals surface area (Å²) in [6.07, 6.45) is 3.14. The van der Waals surface area contributed by atoms with Crippen LogP contribution in [-0.4, -0.2) is 46.0 Å². The lowest BCUT2D eigenvalue weighted by atomic mass is 10.1. The van der Waals surface area contributed by atoms with Crippen molar-refractivity contribution < 1.29 is 9.53 Å². The van der Waals surface area contributed by atoms with Crippen LogP contribution < -0.4 is 20.9 Å². The van der Waals surface area contributed by atoms with Gasteiger partial charge in [-0.15, -0.1) is 0 Å². The van der Waals surface area contributed by atoms with E-state index in [2.05, 4.69) is 32.4 Å². The molecule has 0 spiro atoms. The number of nitrogens with one attached hydrogen (secondary N) is 2. The quantitative estimate of drug-likeness (QED) is 0.404. The number of anilines is 3. The van der Waals surface area contributed by atoms with E-state index in [0.717, 1.165) is 22.2 Å². The Morgan fingerprint density at radius 3 is 2.64 bits per heavy atom. The van der Waals surface area contributed by atoms with Gasteiger partial charge in [0.15, 0.2) is 0 Å². The molecule has 0 radical (unpaired) electrons. The van der Waals surface area contributed by atoms with Gasteiger partial charge in [-0.25, -0.2) is 9.97 Å². The van der Waals surface area contributed by atoms with Gasteiger partial charge in [0.05, 0.1) is 12.1 Å². The number of hydrogen-bond acceptors (Lipinski definition) is 7. The molecule has 9 heteroatoms. The number of ether oxygens (including phenoxy) is 1. The lowest BCUT2D eigenvalue weighted by Gasteiger charge is -2.13. The number of benzene rings is 2. The fraction of sp³-hybridized carbons (Fsp3) is 0.185. The largest absolute Gasteiger partial charge is 0.457 e. The van der Waals surface area contributed by atoms with Crippen LogP contribution in [0.2, 0.25) is 0 Å². The molecule has 0 aliphatic heterocycles. The van der Waals surface area contributed by atoms with E-state index in [4.69, 9.17) is 4.74 Å². The predicted molar refractivity (Wildman–Crippen MR) is 141 cm³/mol. The number of carbonyl (C=O) groups is 1. The molecule has 182 valence electrons. The molecule has 0 aliphatic rings. The molecular formula is C27H26N6O3. The Morgan fingerprint density at radius 2 is 1.89 bits per heavy atom. The molecule has 0 bridgehead atoms. The molecule has 0 fully saturated rings. The zero-order valence-electron chi connectivity index (χ0n) is 20.5. The Bertz CT molecular complexity index is 1550. The molecule has 0 aliphatic carbocycles. The maximum Gasteiger partial charge on any atom is 0.300 e. The third-order valence-electron chi connectivity index (χ3n) is 5.23. The van der Waals surface area contributed by atoms with Crippen molar-refractivity contribution in [3.05, 3.63) is 77.0 Å². The van der Waals surface area contributed by atoms with Crippen LogP contribution in [0.3, 0.4) is 0 Å². The summed E-state index contributed by atoms with van der Waals surface area (Å²) >= 11 is 0. The van der Waals surface area contributed by atoms with Crippen LogP contribution in [0, 0.1) is 18.8 Å². The summed E-state index contributed by atoms with van der Waals surface area (Å²) in [5, 5.41) is 6.85. The third-order valence-corrected chi connectivity index (χ3v) is 5.23. The van der Waals surface area contributed by atoms with Gasteiger partial charge in [-0.1, -0.05) is 5.92 Å². The van der Waals surface area contributed by atoms with E-state index in [0.29, 0.717) is 29.5 Å². The molecule has 9 nitrogen and oxygen atoms in total. The molecule has 2 heterocycles. The smallest absolute Gasteiger partial charge is 0.300 e. The van der Waals surface area contributed by atoms with Gasteiger partial charge in [0.1, 0.15) is 23.6 Å². The molecule has 0 saturated heterocycles. The van der Waals surface area contributed by atoms with Crippen LogP contribution in [0.1, 0.15) is 5.56 Å². The van der Waals surface area contributed by atoms with Crippen molar-refractivity contribution >= 4 is 34.0 Å². The van der Waals surface area contributed by atoms with Crippen molar-refractivity contribution in [2.75, 3.05) is 31.3 Å². The van der Waals surface area contributed by atoms with Gasteiger partial charge in [0.2, 0.25) is 0 Å². The van der Waals surface area contributed by atoms with Gasteiger partial charge in [0, 0.05) is 36.1 Å². The Labute approximate surface area is 208 Å². The number of pyridine rings is 1. The lowest BCUT2D eigenvalue weighted by molar-refractivity contribution is -0.111. The van der Waals surface area contributed by atoms with Gasteiger partial charge in [-0.3, -0.25) is 14.5 Å². The maximum atomic E-state index is 12.2. The summed E-state index contributed by atoms with van der Waals surface area (Å²) < 4.78 is 7.37. The van der Waals surface area contributed by atoms with Crippen molar-refractivity contribution in [1.82, 2.24) is 19.4 Å². The highest BCUT2D eigenvalue weighted by Crippen LogP contribution is 2.30. The lowest BCUT2D eigenvalue weighted by Crippen LogP contribution is -2.13. The number of nitrogens with zero attached hydrogens (tertiary/aromatic N) is 4. The topological polar surface area (TPSA) is 101 Å². The van der Waals surface area contributed by atoms with Crippen LogP contribution in [0.25, 0.3) is 10.9 Å². The number of carbonyl (C=O) groups excluding carboxylic acids is 1. The molecule has 4 aromatic rings. The zero-order chi connectivity index (χ0) is 25.7. The van der Waals surface area contributed by atoms with Crippen LogP contribution >= 0.6 is 0 Å². The van der Waals surface area contributed by atoms with Crippen molar-refractivity contribution in [3.8, 4) is 23.3 Å². The average molecular weight is 483 g/mol. The molecular weight excluding hydrogens is 456 g/mol.